The largest absolute Gasteiger partial charge is 0.493 e. The van der Waals surface area contributed by atoms with E-state index in [0.29, 0.717) is 12.0 Å². The van der Waals surface area contributed by atoms with Crippen LogP contribution in [0.3, 0.4) is 0 Å². The van der Waals surface area contributed by atoms with Crippen molar-refractivity contribution in [1.29, 1.82) is 0 Å². The zero-order valence-electron chi connectivity index (χ0n) is 11.5. The van der Waals surface area contributed by atoms with Gasteiger partial charge in [-0.3, -0.25) is 0 Å². The SMILES string of the molecule is CCC(C)COc1ccc(CC(C)NC)cc1. The number of nitrogens with one attached hydrogen (secondary N) is 1. The van der Waals surface area contributed by atoms with Crippen LogP contribution in [0, 0.1) is 5.92 Å². The molecule has 0 aliphatic heterocycles. The number of hydrogen-bond acceptors (Lipinski definition) is 2. The van der Waals surface area contributed by atoms with Gasteiger partial charge in [0.2, 0.25) is 0 Å². The van der Waals surface area contributed by atoms with E-state index >= 15 is 0 Å². The van der Waals surface area contributed by atoms with Crippen LogP contribution in [0.25, 0.3) is 0 Å². The lowest BCUT2D eigenvalue weighted by molar-refractivity contribution is 0.256. The maximum Gasteiger partial charge on any atom is 0.119 e. The van der Waals surface area contributed by atoms with Gasteiger partial charge in [-0.2, -0.15) is 0 Å². The number of benzene rings is 1. The third kappa shape index (κ3) is 5.22. The monoisotopic (exact) mass is 235 g/mol. The van der Waals surface area contributed by atoms with Crippen molar-refractivity contribution in [3.63, 3.8) is 0 Å². The van der Waals surface area contributed by atoms with Crippen molar-refractivity contribution in [3.8, 4) is 5.75 Å². The van der Waals surface area contributed by atoms with E-state index in [1.54, 1.807) is 0 Å². The number of rotatable bonds is 7. The van der Waals surface area contributed by atoms with Crippen LogP contribution in [-0.4, -0.2) is 19.7 Å². The van der Waals surface area contributed by atoms with E-state index < -0.39 is 0 Å². The second-order valence-corrected chi connectivity index (χ2v) is 4.86. The van der Waals surface area contributed by atoms with Crippen LogP contribution in [0.4, 0.5) is 0 Å². The normalized spacial score (nSPS) is 14.4. The van der Waals surface area contributed by atoms with Gasteiger partial charge in [0, 0.05) is 6.04 Å². The van der Waals surface area contributed by atoms with Gasteiger partial charge in [0.15, 0.2) is 0 Å². The molecule has 0 saturated heterocycles. The standard InChI is InChI=1S/C15H25NO/c1-5-12(2)11-17-15-8-6-14(7-9-15)10-13(3)16-4/h6-9,12-13,16H,5,10-11H2,1-4H3. The van der Waals surface area contributed by atoms with Crippen molar-refractivity contribution in [3.05, 3.63) is 29.8 Å². The molecule has 2 nitrogen and oxygen atoms in total. The zero-order valence-corrected chi connectivity index (χ0v) is 11.5. The highest BCUT2D eigenvalue weighted by Crippen LogP contribution is 2.15. The summed E-state index contributed by atoms with van der Waals surface area (Å²) >= 11 is 0. The van der Waals surface area contributed by atoms with Crippen LogP contribution in [-0.2, 0) is 6.42 Å². The first-order valence-corrected chi connectivity index (χ1v) is 6.54. The molecule has 0 saturated carbocycles. The predicted molar refractivity (Wildman–Crippen MR) is 73.6 cm³/mol. The fourth-order valence-corrected chi connectivity index (χ4v) is 1.53. The Morgan fingerprint density at radius 3 is 2.35 bits per heavy atom. The van der Waals surface area contributed by atoms with Gasteiger partial charge in [0.05, 0.1) is 6.61 Å². The molecule has 0 heterocycles. The fraction of sp³-hybridized carbons (Fsp3) is 0.600. The Balaban J connectivity index is 2.44. The summed E-state index contributed by atoms with van der Waals surface area (Å²) in [5.41, 5.74) is 1.35. The van der Waals surface area contributed by atoms with Crippen LogP contribution in [0.5, 0.6) is 5.75 Å². The molecule has 2 unspecified atom stereocenters. The Morgan fingerprint density at radius 1 is 1.18 bits per heavy atom. The number of hydrogen-bond donors (Lipinski definition) is 1. The third-order valence-corrected chi connectivity index (χ3v) is 3.19. The van der Waals surface area contributed by atoms with Gasteiger partial charge >= 0.3 is 0 Å². The minimum atomic E-state index is 0.516. The van der Waals surface area contributed by atoms with Gasteiger partial charge in [-0.05, 0) is 44.0 Å². The molecule has 17 heavy (non-hydrogen) atoms. The number of ether oxygens (including phenoxy) is 1. The first-order chi connectivity index (χ1) is 8.15. The van der Waals surface area contributed by atoms with Crippen LogP contribution < -0.4 is 10.1 Å². The van der Waals surface area contributed by atoms with Gasteiger partial charge in [-0.25, -0.2) is 0 Å². The van der Waals surface area contributed by atoms with Gasteiger partial charge in [-0.1, -0.05) is 32.4 Å². The summed E-state index contributed by atoms with van der Waals surface area (Å²) in [6, 6.07) is 8.96. The van der Waals surface area contributed by atoms with Crippen molar-refractivity contribution >= 4 is 0 Å². The highest BCUT2D eigenvalue weighted by molar-refractivity contribution is 5.27. The Morgan fingerprint density at radius 2 is 1.82 bits per heavy atom. The fourth-order valence-electron chi connectivity index (χ4n) is 1.53. The molecular weight excluding hydrogens is 210 g/mol. The van der Waals surface area contributed by atoms with Crippen LogP contribution in [0.2, 0.25) is 0 Å². The molecule has 0 bridgehead atoms. The molecule has 0 aliphatic rings. The summed E-state index contributed by atoms with van der Waals surface area (Å²) < 4.78 is 5.73. The summed E-state index contributed by atoms with van der Waals surface area (Å²) in [5.74, 6) is 1.60. The van der Waals surface area contributed by atoms with Crippen molar-refractivity contribution in [2.75, 3.05) is 13.7 Å². The molecular formula is C15H25NO. The average molecular weight is 235 g/mol. The minimum Gasteiger partial charge on any atom is -0.493 e. The van der Waals surface area contributed by atoms with Crippen molar-refractivity contribution < 1.29 is 4.74 Å². The van der Waals surface area contributed by atoms with Crippen LogP contribution in [0.15, 0.2) is 24.3 Å². The first kappa shape index (κ1) is 14.0. The molecule has 0 aliphatic carbocycles. The Kier molecular flexibility index (Phi) is 6.06. The van der Waals surface area contributed by atoms with Gasteiger partial charge < -0.3 is 10.1 Å². The Bertz CT molecular complexity index is 307. The van der Waals surface area contributed by atoms with E-state index in [9.17, 15) is 0 Å². The average Bonchev–Trinajstić information content (AvgIpc) is 2.37. The lowest BCUT2D eigenvalue weighted by Crippen LogP contribution is -2.23. The van der Waals surface area contributed by atoms with E-state index in [1.165, 1.54) is 5.56 Å². The Hall–Kier alpha value is -1.02. The van der Waals surface area contributed by atoms with Crippen LogP contribution >= 0.6 is 0 Å². The van der Waals surface area contributed by atoms with Crippen LogP contribution in [0.1, 0.15) is 32.8 Å². The second kappa shape index (κ2) is 7.33. The summed E-state index contributed by atoms with van der Waals surface area (Å²) in [4.78, 5) is 0. The predicted octanol–water partition coefficient (Wildman–Crippen LogP) is 3.26. The quantitative estimate of drug-likeness (QED) is 0.783. The van der Waals surface area contributed by atoms with E-state index in [1.807, 2.05) is 7.05 Å². The highest BCUT2D eigenvalue weighted by Gasteiger charge is 2.02. The number of likely N-dealkylation sites (N-methyl/N-ethyl adjacent to an activating group) is 1. The van der Waals surface area contributed by atoms with E-state index in [2.05, 4.69) is 50.4 Å². The summed E-state index contributed by atoms with van der Waals surface area (Å²) in [5, 5.41) is 3.24. The highest BCUT2D eigenvalue weighted by atomic mass is 16.5. The molecule has 0 aromatic heterocycles. The van der Waals surface area contributed by atoms with Gasteiger partial charge in [0.1, 0.15) is 5.75 Å². The molecule has 0 radical (unpaired) electrons. The molecule has 1 rings (SSSR count). The maximum absolute atomic E-state index is 5.73. The topological polar surface area (TPSA) is 21.3 Å². The van der Waals surface area contributed by atoms with Gasteiger partial charge in [-0.15, -0.1) is 0 Å². The van der Waals surface area contributed by atoms with E-state index in [0.717, 1.165) is 25.2 Å². The summed E-state index contributed by atoms with van der Waals surface area (Å²) in [7, 11) is 1.99. The molecule has 0 fully saturated rings. The van der Waals surface area contributed by atoms with E-state index in [4.69, 9.17) is 4.74 Å². The Labute approximate surface area is 105 Å². The maximum atomic E-state index is 5.73. The lowest BCUT2D eigenvalue weighted by Gasteiger charge is -2.12. The smallest absolute Gasteiger partial charge is 0.119 e. The third-order valence-electron chi connectivity index (χ3n) is 3.19. The molecule has 2 heteroatoms. The lowest BCUT2D eigenvalue weighted by atomic mass is 10.1. The molecule has 0 spiro atoms. The molecule has 0 amide bonds. The second-order valence-electron chi connectivity index (χ2n) is 4.86. The summed E-state index contributed by atoms with van der Waals surface area (Å²) in [6.07, 6.45) is 2.22. The zero-order chi connectivity index (χ0) is 12.7. The first-order valence-electron chi connectivity index (χ1n) is 6.54. The molecule has 96 valence electrons. The van der Waals surface area contributed by atoms with E-state index in [-0.39, 0.29) is 0 Å². The summed E-state index contributed by atoms with van der Waals surface area (Å²) in [6.45, 7) is 7.40. The van der Waals surface area contributed by atoms with Crippen molar-refractivity contribution in [1.82, 2.24) is 5.32 Å². The molecule has 2 atom stereocenters. The molecule has 1 N–H and O–H groups in total. The van der Waals surface area contributed by atoms with Crippen molar-refractivity contribution in [2.45, 2.75) is 39.7 Å². The van der Waals surface area contributed by atoms with Crippen molar-refractivity contribution in [2.24, 2.45) is 5.92 Å². The molecule has 1 aromatic rings. The molecule has 1 aromatic carbocycles. The minimum absolute atomic E-state index is 0.516. The van der Waals surface area contributed by atoms with Gasteiger partial charge in [0.25, 0.3) is 0 Å².